The fourth-order valence-electron chi connectivity index (χ4n) is 2.46. The van der Waals surface area contributed by atoms with Crippen molar-refractivity contribution in [3.8, 4) is 11.4 Å². The van der Waals surface area contributed by atoms with Gasteiger partial charge in [0.2, 0.25) is 0 Å². The van der Waals surface area contributed by atoms with E-state index in [1.54, 1.807) is 12.3 Å². The third kappa shape index (κ3) is 3.20. The number of H-pyrrole nitrogens is 2. The zero-order valence-electron chi connectivity index (χ0n) is 12.2. The van der Waals surface area contributed by atoms with E-state index in [2.05, 4.69) is 27.1 Å². The lowest BCUT2D eigenvalue weighted by atomic mass is 10.1. The number of hydrogen-bond acceptors (Lipinski definition) is 2. The lowest BCUT2D eigenvalue weighted by Crippen LogP contribution is -1.94. The number of nitrogens with one attached hydrogen (secondary N) is 2. The van der Waals surface area contributed by atoms with Gasteiger partial charge in [0, 0.05) is 23.3 Å². The van der Waals surface area contributed by atoms with E-state index in [1.165, 1.54) is 12.1 Å². The van der Waals surface area contributed by atoms with Gasteiger partial charge in [-0.3, -0.25) is 5.10 Å². The highest BCUT2D eigenvalue weighted by atomic mass is 35.5. The van der Waals surface area contributed by atoms with Crippen LogP contribution in [0.5, 0.6) is 0 Å². The Morgan fingerprint density at radius 2 is 2.09 bits per heavy atom. The van der Waals surface area contributed by atoms with Gasteiger partial charge in [0.25, 0.3) is 0 Å². The molecule has 0 saturated heterocycles. The molecule has 0 bridgehead atoms. The van der Waals surface area contributed by atoms with Gasteiger partial charge in [-0.2, -0.15) is 5.10 Å². The first kappa shape index (κ1) is 14.8. The van der Waals surface area contributed by atoms with Gasteiger partial charge in [0.1, 0.15) is 11.6 Å². The zero-order chi connectivity index (χ0) is 15.5. The van der Waals surface area contributed by atoms with Gasteiger partial charge in [-0.05, 0) is 30.2 Å². The second-order valence-corrected chi connectivity index (χ2v) is 5.66. The van der Waals surface area contributed by atoms with E-state index in [0.29, 0.717) is 11.4 Å². The molecule has 1 aromatic carbocycles. The van der Waals surface area contributed by atoms with Gasteiger partial charge in [0.15, 0.2) is 0 Å². The number of nitrogens with zero attached hydrogens (tertiary/aromatic N) is 2. The van der Waals surface area contributed by atoms with Crippen LogP contribution in [-0.2, 0) is 12.8 Å². The Morgan fingerprint density at radius 3 is 2.86 bits per heavy atom. The van der Waals surface area contributed by atoms with Crippen LogP contribution < -0.4 is 0 Å². The summed E-state index contributed by atoms with van der Waals surface area (Å²) in [5.41, 5.74) is 3.65. The first-order valence-corrected chi connectivity index (χ1v) is 7.55. The summed E-state index contributed by atoms with van der Waals surface area (Å²) >= 11 is 5.90. The van der Waals surface area contributed by atoms with Crippen molar-refractivity contribution in [3.63, 3.8) is 0 Å². The molecule has 0 aliphatic rings. The van der Waals surface area contributed by atoms with E-state index in [-0.39, 0.29) is 5.82 Å². The maximum atomic E-state index is 13.4. The van der Waals surface area contributed by atoms with E-state index in [0.717, 1.165) is 41.2 Å². The molecule has 0 spiro atoms. The standard InChI is InChI=1S/C16H16ClFN4/c1-2-3-13-8-19-16(21-13)14-9-20-22-15(14)6-10-4-11(17)7-12(18)5-10/h4-5,7-9H,2-3,6H2,1H3,(H,19,21)(H,20,22). The average molecular weight is 319 g/mol. The summed E-state index contributed by atoms with van der Waals surface area (Å²) in [6, 6.07) is 4.52. The SMILES string of the molecule is CCCc1cnc(-c2cn[nH]c2Cc2cc(F)cc(Cl)c2)[nH]1. The number of benzene rings is 1. The number of aromatic amines is 2. The molecule has 0 aliphatic carbocycles. The highest BCUT2D eigenvalue weighted by Gasteiger charge is 2.12. The fourth-order valence-corrected chi connectivity index (χ4v) is 2.71. The van der Waals surface area contributed by atoms with Crippen molar-refractivity contribution < 1.29 is 4.39 Å². The van der Waals surface area contributed by atoms with Gasteiger partial charge in [-0.25, -0.2) is 9.37 Å². The summed E-state index contributed by atoms with van der Waals surface area (Å²) in [5.74, 6) is 0.432. The molecule has 2 aromatic heterocycles. The minimum absolute atomic E-state index is 0.341. The Hall–Kier alpha value is -2.14. The Bertz CT molecular complexity index is 758. The van der Waals surface area contributed by atoms with Crippen LogP contribution >= 0.6 is 11.6 Å². The smallest absolute Gasteiger partial charge is 0.140 e. The minimum atomic E-state index is -0.341. The van der Waals surface area contributed by atoms with Crippen molar-refractivity contribution in [2.24, 2.45) is 0 Å². The van der Waals surface area contributed by atoms with Crippen LogP contribution in [0, 0.1) is 5.82 Å². The highest BCUT2D eigenvalue weighted by molar-refractivity contribution is 6.30. The summed E-state index contributed by atoms with van der Waals surface area (Å²) in [5, 5.41) is 7.43. The van der Waals surface area contributed by atoms with Crippen LogP contribution in [0.3, 0.4) is 0 Å². The molecule has 3 rings (SSSR count). The van der Waals surface area contributed by atoms with E-state index < -0.39 is 0 Å². The van der Waals surface area contributed by atoms with Crippen LogP contribution in [0.4, 0.5) is 4.39 Å². The number of aromatic nitrogens is 4. The van der Waals surface area contributed by atoms with Crippen molar-refractivity contribution >= 4 is 11.6 Å². The minimum Gasteiger partial charge on any atom is -0.342 e. The number of imidazole rings is 1. The second-order valence-electron chi connectivity index (χ2n) is 5.22. The molecular formula is C16H16ClFN4. The lowest BCUT2D eigenvalue weighted by molar-refractivity contribution is 0.626. The maximum Gasteiger partial charge on any atom is 0.140 e. The lowest BCUT2D eigenvalue weighted by Gasteiger charge is -2.03. The van der Waals surface area contributed by atoms with Crippen LogP contribution in [0.25, 0.3) is 11.4 Å². The van der Waals surface area contributed by atoms with Crippen molar-refractivity contribution in [2.45, 2.75) is 26.2 Å². The third-order valence-electron chi connectivity index (χ3n) is 3.42. The van der Waals surface area contributed by atoms with E-state index in [4.69, 9.17) is 11.6 Å². The van der Waals surface area contributed by atoms with Gasteiger partial charge < -0.3 is 4.98 Å². The molecule has 0 saturated carbocycles. The summed E-state index contributed by atoms with van der Waals surface area (Å²) in [7, 11) is 0. The Balaban J connectivity index is 1.88. The summed E-state index contributed by atoms with van der Waals surface area (Å²) in [6.45, 7) is 2.12. The predicted octanol–water partition coefficient (Wildman–Crippen LogP) is 4.14. The van der Waals surface area contributed by atoms with E-state index in [9.17, 15) is 4.39 Å². The van der Waals surface area contributed by atoms with Gasteiger partial charge in [-0.1, -0.05) is 24.9 Å². The molecule has 114 valence electrons. The molecule has 6 heteroatoms. The Labute approximate surface area is 132 Å². The summed E-state index contributed by atoms with van der Waals surface area (Å²) in [6.07, 6.45) is 6.09. The predicted molar refractivity (Wildman–Crippen MR) is 84.4 cm³/mol. The van der Waals surface area contributed by atoms with E-state index in [1.807, 2.05) is 6.20 Å². The summed E-state index contributed by atoms with van der Waals surface area (Å²) in [4.78, 5) is 7.69. The van der Waals surface area contributed by atoms with Crippen molar-refractivity contribution in [3.05, 3.63) is 58.4 Å². The third-order valence-corrected chi connectivity index (χ3v) is 3.64. The Kier molecular flexibility index (Phi) is 4.24. The first-order chi connectivity index (χ1) is 10.7. The van der Waals surface area contributed by atoms with Crippen molar-refractivity contribution in [1.82, 2.24) is 20.2 Å². The van der Waals surface area contributed by atoms with Crippen LogP contribution in [0.1, 0.15) is 30.3 Å². The Morgan fingerprint density at radius 1 is 1.23 bits per heavy atom. The molecule has 0 amide bonds. The highest BCUT2D eigenvalue weighted by Crippen LogP contribution is 2.23. The van der Waals surface area contributed by atoms with Gasteiger partial charge in [0.05, 0.1) is 17.5 Å². The molecule has 3 aromatic rings. The van der Waals surface area contributed by atoms with Crippen molar-refractivity contribution in [2.75, 3.05) is 0 Å². The summed E-state index contributed by atoms with van der Waals surface area (Å²) < 4.78 is 13.4. The monoisotopic (exact) mass is 318 g/mol. The first-order valence-electron chi connectivity index (χ1n) is 7.17. The largest absolute Gasteiger partial charge is 0.342 e. The molecule has 2 heterocycles. The number of hydrogen-bond donors (Lipinski definition) is 2. The molecule has 0 atom stereocenters. The molecule has 0 fully saturated rings. The zero-order valence-corrected chi connectivity index (χ0v) is 12.9. The molecule has 4 nitrogen and oxygen atoms in total. The van der Waals surface area contributed by atoms with E-state index >= 15 is 0 Å². The molecule has 2 N–H and O–H groups in total. The van der Waals surface area contributed by atoms with Crippen molar-refractivity contribution in [1.29, 1.82) is 0 Å². The molecule has 0 aliphatic heterocycles. The second kappa shape index (κ2) is 6.32. The van der Waals surface area contributed by atoms with Crippen LogP contribution in [0.15, 0.2) is 30.6 Å². The van der Waals surface area contributed by atoms with Crippen LogP contribution in [0.2, 0.25) is 5.02 Å². The van der Waals surface area contributed by atoms with Crippen LogP contribution in [-0.4, -0.2) is 20.2 Å². The average Bonchev–Trinajstić information content (AvgIpc) is 3.07. The molecule has 0 unspecified atom stereocenters. The molecule has 22 heavy (non-hydrogen) atoms. The molecule has 0 radical (unpaired) electrons. The quantitative estimate of drug-likeness (QED) is 0.743. The fraction of sp³-hybridized carbons (Fsp3) is 0.250. The van der Waals surface area contributed by atoms with Gasteiger partial charge >= 0.3 is 0 Å². The number of aryl methyl sites for hydroxylation is 1. The number of rotatable bonds is 5. The normalized spacial score (nSPS) is 11.0. The topological polar surface area (TPSA) is 57.4 Å². The maximum absolute atomic E-state index is 13.4. The molecular weight excluding hydrogens is 303 g/mol. The van der Waals surface area contributed by atoms with Gasteiger partial charge in [-0.15, -0.1) is 0 Å². The number of halogens is 2.